The Labute approximate surface area is 83.8 Å². The summed E-state index contributed by atoms with van der Waals surface area (Å²) < 4.78 is 5.53. The number of fused-ring (bicyclic) bond motifs is 1. The maximum atomic E-state index is 5.91. The average Bonchev–Trinajstić information content (AvgIpc) is 2.19. The smallest absolute Gasteiger partial charge is 0.145 e. The number of rotatable bonds is 1. The molecule has 74 valence electrons. The second-order valence-electron chi connectivity index (χ2n) is 3.22. The summed E-state index contributed by atoms with van der Waals surface area (Å²) in [5, 5.41) is 0. The van der Waals surface area contributed by atoms with E-state index in [4.69, 9.17) is 10.5 Å². The summed E-state index contributed by atoms with van der Waals surface area (Å²) in [5.41, 5.74) is 7.65. The van der Waals surface area contributed by atoms with Crippen LogP contribution in [-0.2, 0) is 0 Å². The number of nitrogens with zero attached hydrogens (tertiary/aromatic N) is 1. The number of benzene rings is 1. The van der Waals surface area contributed by atoms with Gasteiger partial charge in [0.15, 0.2) is 0 Å². The summed E-state index contributed by atoms with van der Waals surface area (Å²) in [5.74, 6) is 0.870. The standard InChI is InChI=1S/C11H14N2O/c1-2-6-13-7-8-14-10-5-3-4-9(12)11(10)13/h2-6H,7-8,12H2,1H3/b6-2+. The minimum atomic E-state index is 0.709. The number of hydrogen-bond donors (Lipinski definition) is 1. The lowest BCUT2D eigenvalue weighted by Gasteiger charge is -2.29. The fraction of sp³-hybridized carbons (Fsp3) is 0.273. The van der Waals surface area contributed by atoms with Gasteiger partial charge in [-0.1, -0.05) is 12.1 Å². The molecule has 3 nitrogen and oxygen atoms in total. The Morgan fingerprint density at radius 3 is 3.14 bits per heavy atom. The number of ether oxygens (including phenoxy) is 1. The Morgan fingerprint density at radius 2 is 2.36 bits per heavy atom. The van der Waals surface area contributed by atoms with Gasteiger partial charge >= 0.3 is 0 Å². The molecule has 1 aliphatic heterocycles. The van der Waals surface area contributed by atoms with E-state index in [0.717, 1.165) is 23.7 Å². The van der Waals surface area contributed by atoms with Crippen LogP contribution < -0.4 is 15.4 Å². The molecule has 0 amide bonds. The lowest BCUT2D eigenvalue weighted by Crippen LogP contribution is -2.28. The summed E-state index contributed by atoms with van der Waals surface area (Å²) >= 11 is 0. The Balaban J connectivity index is 2.46. The molecule has 0 bridgehead atoms. The molecule has 0 saturated heterocycles. The van der Waals surface area contributed by atoms with Gasteiger partial charge in [0, 0.05) is 6.20 Å². The predicted molar refractivity (Wildman–Crippen MR) is 58.5 cm³/mol. The van der Waals surface area contributed by atoms with Gasteiger partial charge in [-0.3, -0.25) is 0 Å². The van der Waals surface area contributed by atoms with E-state index >= 15 is 0 Å². The van der Waals surface area contributed by atoms with Gasteiger partial charge in [-0.15, -0.1) is 0 Å². The SMILES string of the molecule is C/C=C/N1CCOc2cccc(N)c21. The van der Waals surface area contributed by atoms with Gasteiger partial charge < -0.3 is 15.4 Å². The van der Waals surface area contributed by atoms with Crippen molar-refractivity contribution in [1.82, 2.24) is 0 Å². The minimum absolute atomic E-state index is 0.709. The normalized spacial score (nSPS) is 15.4. The first-order valence-corrected chi connectivity index (χ1v) is 4.73. The Kier molecular flexibility index (Phi) is 2.31. The van der Waals surface area contributed by atoms with Gasteiger partial charge in [0.05, 0.1) is 12.2 Å². The van der Waals surface area contributed by atoms with Gasteiger partial charge in [-0.2, -0.15) is 0 Å². The van der Waals surface area contributed by atoms with E-state index in [2.05, 4.69) is 4.90 Å². The number of nitrogen functional groups attached to an aromatic ring is 1. The Hall–Kier alpha value is -1.64. The van der Waals surface area contributed by atoms with Crippen LogP contribution in [0.1, 0.15) is 6.92 Å². The van der Waals surface area contributed by atoms with Gasteiger partial charge in [0.25, 0.3) is 0 Å². The maximum absolute atomic E-state index is 5.91. The van der Waals surface area contributed by atoms with Crippen LogP contribution in [0, 0.1) is 0 Å². The number of para-hydroxylation sites is 1. The van der Waals surface area contributed by atoms with Crippen molar-refractivity contribution in [3.63, 3.8) is 0 Å². The van der Waals surface area contributed by atoms with Crippen LogP contribution in [0.3, 0.4) is 0 Å². The highest BCUT2D eigenvalue weighted by molar-refractivity contribution is 5.76. The minimum Gasteiger partial charge on any atom is -0.489 e. The van der Waals surface area contributed by atoms with Gasteiger partial charge in [0.1, 0.15) is 18.0 Å². The van der Waals surface area contributed by atoms with Gasteiger partial charge in [0.2, 0.25) is 0 Å². The van der Waals surface area contributed by atoms with Crippen molar-refractivity contribution in [2.75, 3.05) is 23.8 Å². The van der Waals surface area contributed by atoms with Crippen molar-refractivity contribution in [1.29, 1.82) is 0 Å². The molecule has 2 N–H and O–H groups in total. The average molecular weight is 190 g/mol. The maximum Gasteiger partial charge on any atom is 0.145 e. The van der Waals surface area contributed by atoms with E-state index in [1.54, 1.807) is 0 Å². The molecule has 0 radical (unpaired) electrons. The molecule has 3 heteroatoms. The van der Waals surface area contributed by atoms with E-state index in [9.17, 15) is 0 Å². The highest BCUT2D eigenvalue weighted by Gasteiger charge is 2.17. The van der Waals surface area contributed by atoms with E-state index in [1.807, 2.05) is 37.4 Å². The van der Waals surface area contributed by atoms with Crippen LogP contribution in [0.4, 0.5) is 11.4 Å². The second-order valence-corrected chi connectivity index (χ2v) is 3.22. The molecule has 1 aromatic carbocycles. The second kappa shape index (κ2) is 3.62. The first kappa shape index (κ1) is 8.94. The Morgan fingerprint density at radius 1 is 1.50 bits per heavy atom. The van der Waals surface area contributed by atoms with Crippen LogP contribution in [0.25, 0.3) is 0 Å². The zero-order valence-electron chi connectivity index (χ0n) is 8.23. The first-order valence-electron chi connectivity index (χ1n) is 4.73. The Bertz CT molecular complexity index is 360. The molecule has 1 aliphatic rings. The summed E-state index contributed by atoms with van der Waals surface area (Å²) in [4.78, 5) is 2.12. The third kappa shape index (κ3) is 1.41. The summed E-state index contributed by atoms with van der Waals surface area (Å²) in [6, 6.07) is 5.75. The highest BCUT2D eigenvalue weighted by Crippen LogP contribution is 2.36. The molecular formula is C11H14N2O. The monoisotopic (exact) mass is 190 g/mol. The van der Waals surface area contributed by atoms with Crippen LogP contribution >= 0.6 is 0 Å². The predicted octanol–water partition coefficient (Wildman–Crippen LogP) is 2.00. The van der Waals surface area contributed by atoms with Crippen molar-refractivity contribution in [3.05, 3.63) is 30.5 Å². The summed E-state index contributed by atoms with van der Waals surface area (Å²) in [6.07, 6.45) is 4.03. The molecule has 0 spiro atoms. The zero-order chi connectivity index (χ0) is 9.97. The molecular weight excluding hydrogens is 176 g/mol. The van der Waals surface area contributed by atoms with E-state index in [0.29, 0.717) is 6.61 Å². The van der Waals surface area contributed by atoms with Crippen molar-refractivity contribution in [2.45, 2.75) is 6.92 Å². The topological polar surface area (TPSA) is 38.5 Å². The third-order valence-electron chi connectivity index (χ3n) is 2.24. The molecule has 0 saturated carbocycles. The molecule has 0 fully saturated rings. The number of hydrogen-bond acceptors (Lipinski definition) is 3. The van der Waals surface area contributed by atoms with Crippen molar-refractivity contribution in [3.8, 4) is 5.75 Å². The lowest BCUT2D eigenvalue weighted by atomic mass is 10.2. The van der Waals surface area contributed by atoms with Gasteiger partial charge in [-0.25, -0.2) is 0 Å². The number of allylic oxidation sites excluding steroid dienone is 1. The van der Waals surface area contributed by atoms with Crippen molar-refractivity contribution >= 4 is 11.4 Å². The van der Waals surface area contributed by atoms with Gasteiger partial charge in [-0.05, 0) is 19.1 Å². The van der Waals surface area contributed by atoms with Crippen LogP contribution in [-0.4, -0.2) is 13.2 Å². The molecule has 2 rings (SSSR count). The van der Waals surface area contributed by atoms with E-state index < -0.39 is 0 Å². The largest absolute Gasteiger partial charge is 0.489 e. The molecule has 0 aromatic heterocycles. The molecule has 1 aromatic rings. The lowest BCUT2D eigenvalue weighted by molar-refractivity contribution is 0.314. The van der Waals surface area contributed by atoms with Crippen LogP contribution in [0.5, 0.6) is 5.75 Å². The van der Waals surface area contributed by atoms with Crippen molar-refractivity contribution in [2.24, 2.45) is 0 Å². The summed E-state index contributed by atoms with van der Waals surface area (Å²) in [7, 11) is 0. The van der Waals surface area contributed by atoms with Crippen LogP contribution in [0.2, 0.25) is 0 Å². The molecule has 0 unspecified atom stereocenters. The molecule has 0 atom stereocenters. The molecule has 1 heterocycles. The molecule has 0 aliphatic carbocycles. The third-order valence-corrected chi connectivity index (χ3v) is 2.24. The van der Waals surface area contributed by atoms with E-state index in [-0.39, 0.29) is 0 Å². The summed E-state index contributed by atoms with van der Waals surface area (Å²) in [6.45, 7) is 3.56. The zero-order valence-corrected chi connectivity index (χ0v) is 8.23. The van der Waals surface area contributed by atoms with Crippen molar-refractivity contribution < 1.29 is 4.74 Å². The fourth-order valence-corrected chi connectivity index (χ4v) is 1.66. The number of anilines is 2. The first-order chi connectivity index (χ1) is 6.83. The van der Waals surface area contributed by atoms with Crippen LogP contribution in [0.15, 0.2) is 30.5 Å². The van der Waals surface area contributed by atoms with E-state index in [1.165, 1.54) is 0 Å². The highest BCUT2D eigenvalue weighted by atomic mass is 16.5. The quantitative estimate of drug-likeness (QED) is 0.688. The molecule has 14 heavy (non-hydrogen) atoms. The fourth-order valence-electron chi connectivity index (χ4n) is 1.66. The number of nitrogens with two attached hydrogens (primary N) is 1.